The molecular weight excluding hydrogens is 251 g/mol. The number of piperidine rings is 1. The van der Waals surface area contributed by atoms with Gasteiger partial charge in [0.25, 0.3) is 0 Å². The molecule has 0 saturated carbocycles. The molecule has 1 heterocycles. The fourth-order valence-corrected chi connectivity index (χ4v) is 3.15. The Morgan fingerprint density at radius 1 is 1.20 bits per heavy atom. The van der Waals surface area contributed by atoms with Gasteiger partial charge in [0.05, 0.1) is 0 Å². The van der Waals surface area contributed by atoms with Gasteiger partial charge in [0.2, 0.25) is 0 Å². The molecule has 0 aliphatic carbocycles. The third-order valence-corrected chi connectivity index (χ3v) is 4.67. The highest BCUT2D eigenvalue weighted by atomic mass is 19.1. The van der Waals surface area contributed by atoms with Gasteiger partial charge >= 0.3 is 0 Å². The number of hydrogen-bond donors (Lipinski definition) is 1. The van der Waals surface area contributed by atoms with Crippen LogP contribution in [-0.4, -0.2) is 30.6 Å². The lowest BCUT2D eigenvalue weighted by molar-refractivity contribution is 0.165. The molecule has 2 nitrogen and oxygen atoms in total. The van der Waals surface area contributed by atoms with Gasteiger partial charge in [-0.3, -0.25) is 0 Å². The summed E-state index contributed by atoms with van der Waals surface area (Å²) in [7, 11) is 0. The van der Waals surface area contributed by atoms with Gasteiger partial charge in [-0.25, -0.2) is 4.39 Å². The molecule has 2 atom stereocenters. The van der Waals surface area contributed by atoms with Crippen molar-refractivity contribution in [3.05, 3.63) is 35.6 Å². The third kappa shape index (κ3) is 4.03. The zero-order valence-electron chi connectivity index (χ0n) is 12.9. The van der Waals surface area contributed by atoms with Crippen molar-refractivity contribution >= 4 is 0 Å². The van der Waals surface area contributed by atoms with Crippen LogP contribution in [-0.2, 0) is 0 Å². The van der Waals surface area contributed by atoms with Crippen LogP contribution in [0.3, 0.4) is 0 Å². The fraction of sp³-hybridized carbons (Fsp3) is 0.647. The number of nitrogens with one attached hydrogen (secondary N) is 1. The third-order valence-electron chi connectivity index (χ3n) is 4.67. The molecule has 0 bridgehead atoms. The standard InChI is InChI=1S/C17H27FN2/c1-4-20-11-9-16(10-12-20)14(3)19-13(2)15-5-7-17(18)8-6-15/h5-8,13-14,16,19H,4,9-12H2,1-3H3/t13-,14?/m0/s1. The van der Waals surface area contributed by atoms with E-state index in [1.807, 2.05) is 12.1 Å². The minimum absolute atomic E-state index is 0.166. The van der Waals surface area contributed by atoms with Crippen LogP contribution in [0.25, 0.3) is 0 Å². The number of hydrogen-bond acceptors (Lipinski definition) is 2. The Hall–Kier alpha value is -0.930. The molecule has 1 aliphatic rings. The quantitative estimate of drug-likeness (QED) is 0.885. The van der Waals surface area contributed by atoms with Crippen molar-refractivity contribution in [2.75, 3.05) is 19.6 Å². The Kier molecular flexibility index (Phi) is 5.55. The largest absolute Gasteiger partial charge is 0.307 e. The average Bonchev–Trinajstić information content (AvgIpc) is 2.48. The van der Waals surface area contributed by atoms with Crippen LogP contribution < -0.4 is 5.32 Å². The minimum Gasteiger partial charge on any atom is -0.307 e. The van der Waals surface area contributed by atoms with Gasteiger partial charge in [-0.1, -0.05) is 19.1 Å². The monoisotopic (exact) mass is 278 g/mol. The summed E-state index contributed by atoms with van der Waals surface area (Å²) in [4.78, 5) is 2.52. The molecule has 3 heteroatoms. The van der Waals surface area contributed by atoms with Crippen LogP contribution in [0.15, 0.2) is 24.3 Å². The molecule has 1 aliphatic heterocycles. The fourth-order valence-electron chi connectivity index (χ4n) is 3.15. The topological polar surface area (TPSA) is 15.3 Å². The van der Waals surface area contributed by atoms with Crippen molar-refractivity contribution in [1.82, 2.24) is 10.2 Å². The Morgan fingerprint density at radius 3 is 2.35 bits per heavy atom. The molecule has 1 fully saturated rings. The predicted molar refractivity (Wildman–Crippen MR) is 82.3 cm³/mol. The minimum atomic E-state index is -0.166. The summed E-state index contributed by atoms with van der Waals surface area (Å²) in [6, 6.07) is 7.61. The second-order valence-corrected chi connectivity index (χ2v) is 6.00. The van der Waals surface area contributed by atoms with Crippen molar-refractivity contribution < 1.29 is 4.39 Å². The first-order valence-corrected chi connectivity index (χ1v) is 7.84. The Morgan fingerprint density at radius 2 is 1.80 bits per heavy atom. The summed E-state index contributed by atoms with van der Waals surface area (Å²) >= 11 is 0. The smallest absolute Gasteiger partial charge is 0.123 e. The van der Waals surface area contributed by atoms with Crippen LogP contribution in [0.5, 0.6) is 0 Å². The molecule has 1 unspecified atom stereocenters. The van der Waals surface area contributed by atoms with E-state index in [2.05, 4.69) is 31.0 Å². The van der Waals surface area contributed by atoms with E-state index in [4.69, 9.17) is 0 Å². The lowest BCUT2D eigenvalue weighted by Gasteiger charge is -2.35. The highest BCUT2D eigenvalue weighted by Gasteiger charge is 2.24. The maximum atomic E-state index is 12.9. The molecule has 1 saturated heterocycles. The molecule has 112 valence electrons. The Bertz CT molecular complexity index is 396. The Balaban J connectivity index is 1.84. The summed E-state index contributed by atoms with van der Waals surface area (Å²) in [5, 5.41) is 3.68. The SMILES string of the molecule is CCN1CCC(C(C)N[C@@H](C)c2ccc(F)cc2)CC1. The molecule has 1 aromatic carbocycles. The summed E-state index contributed by atoms with van der Waals surface area (Å²) in [5.41, 5.74) is 1.16. The lowest BCUT2D eigenvalue weighted by Crippen LogP contribution is -2.42. The number of likely N-dealkylation sites (tertiary alicyclic amines) is 1. The second-order valence-electron chi connectivity index (χ2n) is 6.00. The number of nitrogens with zero attached hydrogens (tertiary/aromatic N) is 1. The van der Waals surface area contributed by atoms with Gasteiger partial charge < -0.3 is 10.2 Å². The number of benzene rings is 1. The van der Waals surface area contributed by atoms with E-state index in [1.165, 1.54) is 44.6 Å². The van der Waals surface area contributed by atoms with E-state index >= 15 is 0 Å². The van der Waals surface area contributed by atoms with Crippen molar-refractivity contribution in [2.45, 2.75) is 45.7 Å². The zero-order valence-corrected chi connectivity index (χ0v) is 12.9. The lowest BCUT2D eigenvalue weighted by atomic mass is 9.89. The predicted octanol–water partition coefficient (Wildman–Crippen LogP) is 3.60. The van der Waals surface area contributed by atoms with Crippen LogP contribution in [0, 0.1) is 11.7 Å². The highest BCUT2D eigenvalue weighted by Crippen LogP contribution is 2.23. The van der Waals surface area contributed by atoms with Crippen molar-refractivity contribution in [3.8, 4) is 0 Å². The Labute approximate surface area is 122 Å². The second kappa shape index (κ2) is 7.19. The maximum absolute atomic E-state index is 12.9. The summed E-state index contributed by atoms with van der Waals surface area (Å²) in [6.07, 6.45) is 2.55. The van der Waals surface area contributed by atoms with Crippen LogP contribution in [0.1, 0.15) is 45.2 Å². The molecule has 20 heavy (non-hydrogen) atoms. The van der Waals surface area contributed by atoms with Gasteiger partial charge in [0.15, 0.2) is 0 Å². The normalized spacial score (nSPS) is 20.8. The number of halogens is 1. The van der Waals surface area contributed by atoms with E-state index in [-0.39, 0.29) is 11.9 Å². The molecule has 0 spiro atoms. The molecular formula is C17H27FN2. The molecule has 0 amide bonds. The first kappa shape index (κ1) is 15.5. The average molecular weight is 278 g/mol. The van der Waals surface area contributed by atoms with Gasteiger partial charge in [-0.2, -0.15) is 0 Å². The highest BCUT2D eigenvalue weighted by molar-refractivity contribution is 5.19. The summed E-state index contributed by atoms with van der Waals surface area (Å²) in [5.74, 6) is 0.585. The van der Waals surface area contributed by atoms with Gasteiger partial charge in [-0.15, -0.1) is 0 Å². The van der Waals surface area contributed by atoms with Crippen molar-refractivity contribution in [1.29, 1.82) is 0 Å². The van der Waals surface area contributed by atoms with E-state index in [0.717, 1.165) is 11.5 Å². The molecule has 1 N–H and O–H groups in total. The molecule has 0 radical (unpaired) electrons. The van der Waals surface area contributed by atoms with Crippen LogP contribution >= 0.6 is 0 Å². The van der Waals surface area contributed by atoms with Crippen molar-refractivity contribution in [3.63, 3.8) is 0 Å². The van der Waals surface area contributed by atoms with Crippen LogP contribution in [0.2, 0.25) is 0 Å². The molecule has 2 rings (SSSR count). The van der Waals surface area contributed by atoms with Crippen molar-refractivity contribution in [2.24, 2.45) is 5.92 Å². The zero-order chi connectivity index (χ0) is 14.5. The van der Waals surface area contributed by atoms with E-state index < -0.39 is 0 Å². The van der Waals surface area contributed by atoms with E-state index in [1.54, 1.807) is 0 Å². The molecule has 0 aromatic heterocycles. The van der Waals surface area contributed by atoms with Gasteiger partial charge in [0, 0.05) is 12.1 Å². The summed E-state index contributed by atoms with van der Waals surface area (Å²) < 4.78 is 12.9. The number of rotatable bonds is 5. The first-order valence-electron chi connectivity index (χ1n) is 7.84. The van der Waals surface area contributed by atoms with E-state index in [9.17, 15) is 4.39 Å². The van der Waals surface area contributed by atoms with Gasteiger partial charge in [-0.05, 0) is 69.9 Å². The first-order chi connectivity index (χ1) is 9.60. The maximum Gasteiger partial charge on any atom is 0.123 e. The van der Waals surface area contributed by atoms with Crippen LogP contribution in [0.4, 0.5) is 4.39 Å². The van der Waals surface area contributed by atoms with E-state index in [0.29, 0.717) is 6.04 Å². The van der Waals surface area contributed by atoms with Gasteiger partial charge in [0.1, 0.15) is 5.82 Å². The molecule has 1 aromatic rings. The summed E-state index contributed by atoms with van der Waals surface area (Å²) in [6.45, 7) is 10.3.